The molecule has 1 unspecified atom stereocenters. The molecule has 1 heterocycles. The van der Waals surface area contributed by atoms with Gasteiger partial charge in [-0.2, -0.15) is 0 Å². The molecule has 21 heavy (non-hydrogen) atoms. The maximum atomic E-state index is 12.5. The van der Waals surface area contributed by atoms with E-state index in [1.807, 2.05) is 13.8 Å². The van der Waals surface area contributed by atoms with Crippen molar-refractivity contribution in [2.24, 2.45) is 5.92 Å². The fraction of sp³-hybridized carbons (Fsp3) is 0.867. The lowest BCUT2D eigenvalue weighted by molar-refractivity contribution is -0.138. The molecule has 1 saturated heterocycles. The SMILES string of the molecule is CC(C)CC(NC(=O)OC(C)(C)C)C(=O)N1CCOCC1. The van der Waals surface area contributed by atoms with E-state index in [4.69, 9.17) is 9.47 Å². The first-order valence-electron chi connectivity index (χ1n) is 7.55. The highest BCUT2D eigenvalue weighted by atomic mass is 16.6. The number of nitrogens with zero attached hydrogens (tertiary/aromatic N) is 1. The third-order valence-electron chi connectivity index (χ3n) is 3.02. The van der Waals surface area contributed by atoms with Crippen molar-refractivity contribution in [2.45, 2.75) is 52.7 Å². The van der Waals surface area contributed by atoms with Crippen LogP contribution in [0.4, 0.5) is 4.79 Å². The predicted molar refractivity (Wildman–Crippen MR) is 80.0 cm³/mol. The molecule has 0 aromatic carbocycles. The largest absolute Gasteiger partial charge is 0.444 e. The highest BCUT2D eigenvalue weighted by Crippen LogP contribution is 2.12. The number of hydrogen-bond acceptors (Lipinski definition) is 4. The number of ether oxygens (including phenoxy) is 2. The second-order valence-corrected chi connectivity index (χ2v) is 6.77. The van der Waals surface area contributed by atoms with Crippen LogP contribution in [-0.2, 0) is 14.3 Å². The molecule has 0 radical (unpaired) electrons. The van der Waals surface area contributed by atoms with Gasteiger partial charge in [-0.05, 0) is 33.1 Å². The van der Waals surface area contributed by atoms with Gasteiger partial charge in [-0.3, -0.25) is 4.79 Å². The Labute approximate surface area is 127 Å². The van der Waals surface area contributed by atoms with E-state index in [2.05, 4.69) is 5.32 Å². The molecular formula is C15H28N2O4. The van der Waals surface area contributed by atoms with Crippen molar-refractivity contribution in [1.29, 1.82) is 0 Å². The predicted octanol–water partition coefficient (Wildman–Crippen LogP) is 1.78. The summed E-state index contributed by atoms with van der Waals surface area (Å²) in [6.07, 6.45) is 0.0462. The van der Waals surface area contributed by atoms with Crippen LogP contribution in [0.15, 0.2) is 0 Å². The van der Waals surface area contributed by atoms with Crippen LogP contribution in [0.2, 0.25) is 0 Å². The van der Waals surface area contributed by atoms with E-state index in [0.717, 1.165) is 0 Å². The van der Waals surface area contributed by atoms with Crippen LogP contribution in [0.1, 0.15) is 41.0 Å². The third kappa shape index (κ3) is 6.80. The fourth-order valence-electron chi connectivity index (χ4n) is 2.15. The maximum Gasteiger partial charge on any atom is 0.408 e. The molecule has 1 fully saturated rings. The molecule has 1 atom stereocenters. The number of carbonyl (C=O) groups is 2. The minimum absolute atomic E-state index is 0.0575. The van der Waals surface area contributed by atoms with Gasteiger partial charge in [0.2, 0.25) is 5.91 Å². The van der Waals surface area contributed by atoms with Crippen molar-refractivity contribution in [3.63, 3.8) is 0 Å². The van der Waals surface area contributed by atoms with Gasteiger partial charge >= 0.3 is 6.09 Å². The van der Waals surface area contributed by atoms with Crippen LogP contribution in [-0.4, -0.2) is 54.8 Å². The normalized spacial score (nSPS) is 17.5. The first-order valence-corrected chi connectivity index (χ1v) is 7.55. The third-order valence-corrected chi connectivity index (χ3v) is 3.02. The first kappa shape index (κ1) is 17.8. The summed E-state index contributed by atoms with van der Waals surface area (Å²) in [7, 11) is 0. The highest BCUT2D eigenvalue weighted by Gasteiger charge is 2.29. The standard InChI is InChI=1S/C15H28N2O4/c1-11(2)10-12(16-14(19)21-15(3,4)5)13(18)17-6-8-20-9-7-17/h11-12H,6-10H2,1-5H3,(H,16,19). The number of amides is 2. The molecule has 0 aromatic rings. The number of carbonyl (C=O) groups excluding carboxylic acids is 2. The van der Waals surface area contributed by atoms with Crippen LogP contribution < -0.4 is 5.32 Å². The zero-order valence-corrected chi connectivity index (χ0v) is 13.8. The molecule has 122 valence electrons. The van der Waals surface area contributed by atoms with E-state index in [1.54, 1.807) is 25.7 Å². The lowest BCUT2D eigenvalue weighted by atomic mass is 10.0. The zero-order chi connectivity index (χ0) is 16.0. The average molecular weight is 300 g/mol. The average Bonchev–Trinajstić information content (AvgIpc) is 2.35. The fourth-order valence-corrected chi connectivity index (χ4v) is 2.15. The van der Waals surface area contributed by atoms with Crippen molar-refractivity contribution in [3.8, 4) is 0 Å². The highest BCUT2D eigenvalue weighted by molar-refractivity contribution is 5.85. The van der Waals surface area contributed by atoms with Gasteiger partial charge in [0.05, 0.1) is 13.2 Å². The van der Waals surface area contributed by atoms with Gasteiger partial charge in [-0.1, -0.05) is 13.8 Å². The maximum absolute atomic E-state index is 12.5. The number of morpholine rings is 1. The Morgan fingerprint density at radius 1 is 1.24 bits per heavy atom. The van der Waals surface area contributed by atoms with E-state index in [0.29, 0.717) is 38.6 Å². The number of nitrogens with one attached hydrogen (secondary N) is 1. The second-order valence-electron chi connectivity index (χ2n) is 6.77. The summed E-state index contributed by atoms with van der Waals surface area (Å²) in [5, 5.41) is 2.71. The minimum Gasteiger partial charge on any atom is -0.444 e. The summed E-state index contributed by atoms with van der Waals surface area (Å²) in [5.41, 5.74) is -0.575. The Kier molecular flexibility index (Phi) is 6.45. The molecule has 1 aliphatic rings. The molecule has 0 aromatic heterocycles. The van der Waals surface area contributed by atoms with Gasteiger partial charge in [0.15, 0.2) is 0 Å². The van der Waals surface area contributed by atoms with Crippen LogP contribution in [0.5, 0.6) is 0 Å². The van der Waals surface area contributed by atoms with E-state index in [9.17, 15) is 9.59 Å². The molecular weight excluding hydrogens is 272 g/mol. The molecule has 6 nitrogen and oxygen atoms in total. The monoisotopic (exact) mass is 300 g/mol. The Balaban J connectivity index is 2.65. The number of rotatable bonds is 4. The molecule has 0 aliphatic carbocycles. The molecule has 0 bridgehead atoms. The summed E-state index contributed by atoms with van der Waals surface area (Å²) in [4.78, 5) is 26.2. The van der Waals surface area contributed by atoms with E-state index >= 15 is 0 Å². The molecule has 6 heteroatoms. The topological polar surface area (TPSA) is 67.9 Å². The number of alkyl carbamates (subject to hydrolysis) is 1. The van der Waals surface area contributed by atoms with Gasteiger partial charge in [0.1, 0.15) is 11.6 Å². The van der Waals surface area contributed by atoms with E-state index in [1.165, 1.54) is 0 Å². The molecule has 1 N–H and O–H groups in total. The van der Waals surface area contributed by atoms with Crippen LogP contribution >= 0.6 is 0 Å². The van der Waals surface area contributed by atoms with Crippen molar-refractivity contribution >= 4 is 12.0 Å². The van der Waals surface area contributed by atoms with E-state index in [-0.39, 0.29) is 5.91 Å². The summed E-state index contributed by atoms with van der Waals surface area (Å²) < 4.78 is 10.5. The quantitative estimate of drug-likeness (QED) is 0.859. The lowest BCUT2D eigenvalue weighted by Crippen LogP contribution is -2.52. The molecule has 1 rings (SSSR count). The minimum atomic E-state index is -0.575. The smallest absolute Gasteiger partial charge is 0.408 e. The first-order chi connectivity index (χ1) is 9.69. The second kappa shape index (κ2) is 7.64. The Morgan fingerprint density at radius 2 is 1.81 bits per heavy atom. The van der Waals surface area contributed by atoms with Crippen LogP contribution in [0.3, 0.4) is 0 Å². The summed E-state index contributed by atoms with van der Waals surface area (Å²) in [5.74, 6) is 0.243. The number of hydrogen-bond donors (Lipinski definition) is 1. The Morgan fingerprint density at radius 3 is 2.29 bits per heavy atom. The van der Waals surface area contributed by atoms with Crippen molar-refractivity contribution < 1.29 is 19.1 Å². The summed E-state index contributed by atoms with van der Waals surface area (Å²) in [6.45, 7) is 11.7. The van der Waals surface area contributed by atoms with Crippen molar-refractivity contribution in [3.05, 3.63) is 0 Å². The molecule has 0 saturated carbocycles. The van der Waals surface area contributed by atoms with Crippen molar-refractivity contribution in [1.82, 2.24) is 10.2 Å². The van der Waals surface area contributed by atoms with Crippen molar-refractivity contribution in [2.75, 3.05) is 26.3 Å². The molecule has 0 spiro atoms. The van der Waals surface area contributed by atoms with Crippen LogP contribution in [0.25, 0.3) is 0 Å². The van der Waals surface area contributed by atoms with E-state index < -0.39 is 17.7 Å². The summed E-state index contributed by atoms with van der Waals surface area (Å²) >= 11 is 0. The molecule has 1 aliphatic heterocycles. The van der Waals surface area contributed by atoms with Gasteiger partial charge in [0, 0.05) is 13.1 Å². The molecule has 2 amide bonds. The summed E-state index contributed by atoms with van der Waals surface area (Å²) in [6, 6.07) is -0.544. The van der Waals surface area contributed by atoms with Crippen LogP contribution in [0, 0.1) is 5.92 Å². The van der Waals surface area contributed by atoms with Gasteiger partial charge in [0.25, 0.3) is 0 Å². The van der Waals surface area contributed by atoms with Gasteiger partial charge < -0.3 is 19.7 Å². The van der Waals surface area contributed by atoms with Gasteiger partial charge in [-0.15, -0.1) is 0 Å². The Hall–Kier alpha value is -1.30. The lowest BCUT2D eigenvalue weighted by Gasteiger charge is -2.31. The van der Waals surface area contributed by atoms with Gasteiger partial charge in [-0.25, -0.2) is 4.79 Å². The zero-order valence-electron chi connectivity index (χ0n) is 13.8. The Bertz CT molecular complexity index is 357.